The van der Waals surface area contributed by atoms with Crippen LogP contribution in [0.5, 0.6) is 0 Å². The molecule has 0 aromatic carbocycles. The molecule has 0 amide bonds. The van der Waals surface area contributed by atoms with E-state index in [1.807, 2.05) is 0 Å². The average Bonchev–Trinajstić information content (AvgIpc) is 2.60. The molecular formula is C2H2Cl2N8Zr. The third kappa shape index (κ3) is 3.45. The van der Waals surface area contributed by atoms with Gasteiger partial charge in [-0.1, -0.05) is 0 Å². The Labute approximate surface area is 96.0 Å². The summed E-state index contributed by atoms with van der Waals surface area (Å²) in [5.41, 5.74) is 0. The quantitative estimate of drug-likeness (QED) is 0.570. The molecule has 0 aliphatic rings. The first-order valence-corrected chi connectivity index (χ1v) is 5.15. The molecule has 0 spiro atoms. The Hall–Kier alpha value is -0.397. The standard InChI is InChI=1S/2CHN4.2ClH.Zr/c2*1-2-4-5-3-1;;;/h2*(H,2,3,4,5);2*1H;/q;;;;+2/p-2. The van der Waals surface area contributed by atoms with E-state index >= 15 is 0 Å². The van der Waals surface area contributed by atoms with E-state index in [2.05, 4.69) is 41.2 Å². The van der Waals surface area contributed by atoms with E-state index in [0.717, 1.165) is 7.06 Å². The molecule has 0 atom stereocenters. The molecule has 2 N–H and O–H groups in total. The van der Waals surface area contributed by atoms with Gasteiger partial charge < -0.3 is 24.8 Å². The molecule has 0 radical (unpaired) electrons. The van der Waals surface area contributed by atoms with Crippen LogP contribution in [0.1, 0.15) is 0 Å². The summed E-state index contributed by atoms with van der Waals surface area (Å²) >= 11 is -1.01. The number of nitrogens with zero attached hydrogens (tertiary/aromatic N) is 6. The van der Waals surface area contributed by atoms with Crippen molar-refractivity contribution in [3.63, 3.8) is 0 Å². The van der Waals surface area contributed by atoms with Gasteiger partial charge in [0.05, 0.1) is 0 Å². The zero-order valence-electron chi connectivity index (χ0n) is 5.94. The molecule has 8 nitrogen and oxygen atoms in total. The van der Waals surface area contributed by atoms with Crippen molar-refractivity contribution in [2.75, 3.05) is 0 Å². The Balaban J connectivity index is 0.000000720. The normalized spacial score (nSPS) is 8.00. The number of hydrogen-bond acceptors (Lipinski definition) is 6. The minimum absolute atomic E-state index is 0. The van der Waals surface area contributed by atoms with Gasteiger partial charge in [-0.15, -0.1) is 0 Å². The van der Waals surface area contributed by atoms with Crippen LogP contribution in [0.3, 0.4) is 0 Å². The fraction of sp³-hybridized carbons (Fsp3) is 0. The third-order valence-electron chi connectivity index (χ3n) is 0.927. The Morgan fingerprint density at radius 1 is 0.846 bits per heavy atom. The second-order valence-electron chi connectivity index (χ2n) is 1.62. The third-order valence-corrected chi connectivity index (χ3v) is 3.13. The van der Waals surface area contributed by atoms with Crippen molar-refractivity contribution in [3.05, 3.63) is 0 Å². The van der Waals surface area contributed by atoms with Crippen molar-refractivity contribution in [1.29, 1.82) is 0 Å². The van der Waals surface area contributed by atoms with Gasteiger partial charge in [-0.3, -0.25) is 0 Å². The fourth-order valence-electron chi connectivity index (χ4n) is 0.536. The van der Waals surface area contributed by atoms with Crippen LogP contribution < -0.4 is 31.9 Å². The average molecular weight is 300 g/mol. The van der Waals surface area contributed by atoms with Crippen LogP contribution in [0.15, 0.2) is 0 Å². The second kappa shape index (κ2) is 6.12. The number of halogens is 2. The van der Waals surface area contributed by atoms with Crippen LogP contribution in [0.4, 0.5) is 0 Å². The van der Waals surface area contributed by atoms with Crippen LogP contribution in [0.2, 0.25) is 0 Å². The summed E-state index contributed by atoms with van der Waals surface area (Å²) in [7, 11) is 0. The zero-order chi connectivity index (χ0) is 7.52. The SMILES string of the molecule is [Cl-].[Cl-].n1n[nH][c]([Zr+2][c]2nnn[nH]2)n1. The van der Waals surface area contributed by atoms with Gasteiger partial charge in [-0.25, -0.2) is 0 Å². The maximum absolute atomic E-state index is 3.73. The summed E-state index contributed by atoms with van der Waals surface area (Å²) in [6, 6.07) is 0. The number of aromatic nitrogens is 8. The van der Waals surface area contributed by atoms with Crippen LogP contribution in [0.25, 0.3) is 0 Å². The summed E-state index contributed by atoms with van der Waals surface area (Å²) in [6.07, 6.45) is 0. The van der Waals surface area contributed by atoms with E-state index in [-0.39, 0.29) is 24.8 Å². The van der Waals surface area contributed by atoms with Crippen molar-refractivity contribution >= 4 is 7.06 Å². The van der Waals surface area contributed by atoms with Crippen LogP contribution in [0, 0.1) is 0 Å². The van der Waals surface area contributed by atoms with Gasteiger partial charge in [0.15, 0.2) is 0 Å². The molecule has 2 aromatic rings. The number of tetrazole rings is 2. The Kier molecular flexibility index (Phi) is 5.93. The van der Waals surface area contributed by atoms with E-state index in [9.17, 15) is 0 Å². The fourth-order valence-corrected chi connectivity index (χ4v) is 2.07. The molecule has 0 saturated heterocycles. The van der Waals surface area contributed by atoms with Crippen LogP contribution in [-0.2, 0) is 23.2 Å². The van der Waals surface area contributed by atoms with Crippen LogP contribution in [-0.4, -0.2) is 41.2 Å². The number of rotatable bonds is 2. The molecule has 0 aliphatic carbocycles. The van der Waals surface area contributed by atoms with Gasteiger partial charge in [-0.05, 0) is 0 Å². The van der Waals surface area contributed by atoms with Crippen molar-refractivity contribution in [3.8, 4) is 0 Å². The summed E-state index contributed by atoms with van der Waals surface area (Å²) < 4.78 is 1.60. The molecular weight excluding hydrogens is 298 g/mol. The molecule has 2 rings (SSSR count). The van der Waals surface area contributed by atoms with E-state index in [1.165, 1.54) is 0 Å². The summed E-state index contributed by atoms with van der Waals surface area (Å²) in [4.78, 5) is 0. The first-order valence-electron chi connectivity index (χ1n) is 2.69. The molecule has 13 heavy (non-hydrogen) atoms. The topological polar surface area (TPSA) is 109 Å². The van der Waals surface area contributed by atoms with Crippen molar-refractivity contribution in [2.45, 2.75) is 0 Å². The number of nitrogens with one attached hydrogen (secondary N) is 2. The van der Waals surface area contributed by atoms with Crippen molar-refractivity contribution < 1.29 is 48.0 Å². The summed E-state index contributed by atoms with van der Waals surface area (Å²) in [5, 5.41) is 26.6. The van der Waals surface area contributed by atoms with Crippen LogP contribution >= 0.6 is 0 Å². The predicted molar refractivity (Wildman–Crippen MR) is 27.6 cm³/mol. The van der Waals surface area contributed by atoms with E-state index in [4.69, 9.17) is 0 Å². The maximum atomic E-state index is 3.73. The molecule has 68 valence electrons. The number of aromatic amines is 2. The van der Waals surface area contributed by atoms with Gasteiger partial charge in [0.2, 0.25) is 0 Å². The van der Waals surface area contributed by atoms with Gasteiger partial charge in [0.25, 0.3) is 0 Å². The molecule has 2 aromatic heterocycles. The molecule has 0 saturated carbocycles. The molecule has 0 bridgehead atoms. The second-order valence-corrected chi connectivity index (χ2v) is 4.57. The number of H-pyrrole nitrogens is 2. The van der Waals surface area contributed by atoms with Gasteiger partial charge in [-0.2, -0.15) is 0 Å². The van der Waals surface area contributed by atoms with E-state index < -0.39 is 23.2 Å². The Morgan fingerprint density at radius 3 is 1.62 bits per heavy atom. The summed E-state index contributed by atoms with van der Waals surface area (Å²) in [6.45, 7) is 0. The minimum atomic E-state index is -1.01. The molecule has 0 aliphatic heterocycles. The van der Waals surface area contributed by atoms with E-state index in [1.54, 1.807) is 0 Å². The molecule has 2 heterocycles. The number of hydrogen-bond donors (Lipinski definition) is 2. The van der Waals surface area contributed by atoms with E-state index in [0.29, 0.717) is 0 Å². The van der Waals surface area contributed by atoms with Crippen molar-refractivity contribution in [2.24, 2.45) is 0 Å². The monoisotopic (exact) mass is 298 g/mol. The first kappa shape index (κ1) is 12.6. The molecule has 11 heteroatoms. The molecule has 0 fully saturated rings. The summed E-state index contributed by atoms with van der Waals surface area (Å²) in [5.74, 6) is 0. The van der Waals surface area contributed by atoms with Gasteiger partial charge >= 0.3 is 71.5 Å². The zero-order valence-corrected chi connectivity index (χ0v) is 9.91. The molecule has 0 unspecified atom stereocenters. The first-order chi connectivity index (χ1) is 5.45. The Morgan fingerprint density at radius 2 is 1.31 bits per heavy atom. The Bertz CT molecular complexity index is 273. The predicted octanol–water partition coefficient (Wildman–Crippen LogP) is -9.25. The van der Waals surface area contributed by atoms with Crippen molar-refractivity contribution in [1.82, 2.24) is 41.2 Å². The van der Waals surface area contributed by atoms with Gasteiger partial charge in [0, 0.05) is 0 Å². The van der Waals surface area contributed by atoms with Gasteiger partial charge in [0.1, 0.15) is 0 Å².